The van der Waals surface area contributed by atoms with Gasteiger partial charge in [-0.25, -0.2) is 0 Å². The lowest BCUT2D eigenvalue weighted by Gasteiger charge is -2.31. The second-order valence-corrected chi connectivity index (χ2v) is 7.22. The molecule has 1 aliphatic rings. The van der Waals surface area contributed by atoms with Gasteiger partial charge in [0.05, 0.1) is 6.61 Å². The van der Waals surface area contributed by atoms with Crippen LogP contribution in [0.2, 0.25) is 0 Å². The summed E-state index contributed by atoms with van der Waals surface area (Å²) in [4.78, 5) is 25.8. The predicted octanol–water partition coefficient (Wildman–Crippen LogP) is 3.10. The van der Waals surface area contributed by atoms with E-state index in [-0.39, 0.29) is 17.5 Å². The number of amides is 2. The molecule has 0 spiro atoms. The van der Waals surface area contributed by atoms with Crippen LogP contribution in [0.5, 0.6) is 5.75 Å². The van der Waals surface area contributed by atoms with Crippen molar-refractivity contribution in [2.24, 2.45) is 5.73 Å². The van der Waals surface area contributed by atoms with Gasteiger partial charge in [0, 0.05) is 30.3 Å². The van der Waals surface area contributed by atoms with Crippen LogP contribution in [-0.4, -0.2) is 46.6 Å². The normalized spacial score (nSPS) is 14.8. The van der Waals surface area contributed by atoms with E-state index in [2.05, 4.69) is 17.1 Å². The van der Waals surface area contributed by atoms with Crippen molar-refractivity contribution >= 4 is 11.8 Å². The predicted molar refractivity (Wildman–Crippen MR) is 106 cm³/mol. The highest BCUT2D eigenvalue weighted by atomic mass is 16.5. The molecule has 1 fully saturated rings. The smallest absolute Gasteiger partial charge is 0.269 e. The van der Waals surface area contributed by atoms with Gasteiger partial charge in [-0.1, -0.05) is 19.8 Å². The Balaban J connectivity index is 1.51. The second kappa shape index (κ2) is 9.39. The summed E-state index contributed by atoms with van der Waals surface area (Å²) in [6.45, 7) is 4.21. The van der Waals surface area contributed by atoms with Crippen LogP contribution >= 0.6 is 0 Å². The number of benzene rings is 1. The molecule has 0 aliphatic carbocycles. The van der Waals surface area contributed by atoms with E-state index in [4.69, 9.17) is 10.5 Å². The molecule has 3 rings (SSSR count). The fraction of sp³-hybridized carbons (Fsp3) is 0.476. The molecular formula is C21H28N4O3. The third kappa shape index (κ3) is 4.91. The minimum absolute atomic E-state index is 0.0402. The highest BCUT2D eigenvalue weighted by Gasteiger charge is 2.26. The zero-order valence-electron chi connectivity index (χ0n) is 16.3. The minimum Gasteiger partial charge on any atom is -0.494 e. The van der Waals surface area contributed by atoms with Crippen LogP contribution in [0, 0.1) is 0 Å². The number of hydrogen-bond acceptors (Lipinski definition) is 4. The zero-order valence-corrected chi connectivity index (χ0v) is 16.3. The quantitative estimate of drug-likeness (QED) is 0.683. The number of hydrogen-bond donors (Lipinski definition) is 2. The monoisotopic (exact) mass is 384 g/mol. The molecule has 28 heavy (non-hydrogen) atoms. The van der Waals surface area contributed by atoms with Crippen LogP contribution in [0.4, 0.5) is 0 Å². The number of carbonyl (C=O) groups is 2. The molecule has 150 valence electrons. The molecule has 7 heteroatoms. The summed E-state index contributed by atoms with van der Waals surface area (Å²) in [5, 5.41) is 6.84. The molecule has 1 aromatic carbocycles. The fourth-order valence-electron chi connectivity index (χ4n) is 3.48. The second-order valence-electron chi connectivity index (χ2n) is 7.22. The van der Waals surface area contributed by atoms with Crippen molar-refractivity contribution in [3.8, 4) is 5.75 Å². The van der Waals surface area contributed by atoms with Crippen LogP contribution in [0.15, 0.2) is 30.3 Å². The first-order chi connectivity index (χ1) is 13.6. The highest BCUT2D eigenvalue weighted by Crippen LogP contribution is 2.28. The summed E-state index contributed by atoms with van der Waals surface area (Å²) in [7, 11) is 0. The summed E-state index contributed by atoms with van der Waals surface area (Å²) in [6.07, 6.45) is 5.02. The first-order valence-electron chi connectivity index (χ1n) is 9.95. The number of aromatic amines is 1. The number of unbranched alkanes of at least 4 members (excludes halogenated alkanes) is 2. The molecular weight excluding hydrogens is 356 g/mol. The number of primary amides is 1. The molecule has 1 aromatic heterocycles. The molecule has 0 unspecified atom stereocenters. The van der Waals surface area contributed by atoms with Crippen molar-refractivity contribution in [2.75, 3.05) is 19.7 Å². The van der Waals surface area contributed by atoms with Gasteiger partial charge in [-0.3, -0.25) is 14.7 Å². The standard InChI is InChI=1S/C21H28N4O3/c1-2-3-4-13-28-17-7-5-16(6-8-17)21(27)25-11-9-15(10-12-25)18-14-19(20(22)26)24-23-18/h5-8,14-15H,2-4,9-13H2,1H3,(H2,22,26)(H,23,24). The molecule has 3 N–H and O–H groups in total. The number of likely N-dealkylation sites (tertiary alicyclic amines) is 1. The Hall–Kier alpha value is -2.83. The van der Waals surface area contributed by atoms with E-state index in [1.54, 1.807) is 6.07 Å². The first-order valence-corrected chi connectivity index (χ1v) is 9.95. The number of ether oxygens (including phenoxy) is 1. The van der Waals surface area contributed by atoms with Crippen LogP contribution in [0.1, 0.15) is 71.5 Å². The maximum atomic E-state index is 12.8. The highest BCUT2D eigenvalue weighted by molar-refractivity contribution is 5.94. The largest absolute Gasteiger partial charge is 0.494 e. The summed E-state index contributed by atoms with van der Waals surface area (Å²) in [5.41, 5.74) is 7.09. The van der Waals surface area contributed by atoms with E-state index in [1.807, 2.05) is 29.2 Å². The SMILES string of the molecule is CCCCCOc1ccc(C(=O)N2CCC(c3cc(C(N)=O)n[nH]3)CC2)cc1. The van der Waals surface area contributed by atoms with Crippen molar-refractivity contribution in [1.29, 1.82) is 0 Å². The van der Waals surface area contributed by atoms with E-state index >= 15 is 0 Å². The molecule has 2 aromatic rings. The van der Waals surface area contributed by atoms with Gasteiger partial charge in [0.15, 0.2) is 0 Å². The van der Waals surface area contributed by atoms with Gasteiger partial charge in [0.1, 0.15) is 11.4 Å². The molecule has 2 amide bonds. The Bertz CT molecular complexity index is 792. The van der Waals surface area contributed by atoms with E-state index in [9.17, 15) is 9.59 Å². The molecule has 0 bridgehead atoms. The molecule has 0 saturated carbocycles. The zero-order chi connectivity index (χ0) is 19.9. The van der Waals surface area contributed by atoms with Gasteiger partial charge < -0.3 is 15.4 Å². The van der Waals surface area contributed by atoms with Gasteiger partial charge in [-0.15, -0.1) is 0 Å². The number of rotatable bonds is 8. The van der Waals surface area contributed by atoms with Crippen molar-refractivity contribution in [3.05, 3.63) is 47.3 Å². The molecule has 7 nitrogen and oxygen atoms in total. The molecule has 0 radical (unpaired) electrons. The van der Waals surface area contributed by atoms with Crippen molar-refractivity contribution in [1.82, 2.24) is 15.1 Å². The van der Waals surface area contributed by atoms with Crippen molar-refractivity contribution in [2.45, 2.75) is 44.9 Å². The van der Waals surface area contributed by atoms with Crippen molar-refractivity contribution in [3.63, 3.8) is 0 Å². The van der Waals surface area contributed by atoms with Gasteiger partial charge in [0.2, 0.25) is 0 Å². The van der Waals surface area contributed by atoms with E-state index < -0.39 is 5.91 Å². The minimum atomic E-state index is -0.534. The van der Waals surface area contributed by atoms with Gasteiger partial charge in [-0.2, -0.15) is 5.10 Å². The van der Waals surface area contributed by atoms with Crippen LogP contribution < -0.4 is 10.5 Å². The van der Waals surface area contributed by atoms with E-state index in [0.717, 1.165) is 37.1 Å². The Morgan fingerprint density at radius 3 is 2.54 bits per heavy atom. The lowest BCUT2D eigenvalue weighted by Crippen LogP contribution is -2.38. The third-order valence-electron chi connectivity index (χ3n) is 5.19. The van der Waals surface area contributed by atoms with E-state index in [0.29, 0.717) is 25.3 Å². The third-order valence-corrected chi connectivity index (χ3v) is 5.19. The summed E-state index contributed by atoms with van der Waals surface area (Å²) in [5.74, 6) is 0.561. The number of nitrogens with two attached hydrogens (primary N) is 1. The first kappa shape index (κ1) is 19.9. The topological polar surface area (TPSA) is 101 Å². The summed E-state index contributed by atoms with van der Waals surface area (Å²) < 4.78 is 5.70. The lowest BCUT2D eigenvalue weighted by molar-refractivity contribution is 0.0712. The Labute approximate surface area is 165 Å². The number of aromatic nitrogens is 2. The average molecular weight is 384 g/mol. The fourth-order valence-corrected chi connectivity index (χ4v) is 3.48. The van der Waals surface area contributed by atoms with Gasteiger partial charge in [-0.05, 0) is 49.6 Å². The van der Waals surface area contributed by atoms with E-state index in [1.165, 1.54) is 6.42 Å². The van der Waals surface area contributed by atoms with Gasteiger partial charge in [0.25, 0.3) is 11.8 Å². The maximum Gasteiger partial charge on any atom is 0.269 e. The molecule has 2 heterocycles. The number of carbonyl (C=O) groups excluding carboxylic acids is 2. The number of nitrogens with zero attached hydrogens (tertiary/aromatic N) is 2. The Kier molecular flexibility index (Phi) is 6.68. The van der Waals surface area contributed by atoms with Gasteiger partial charge >= 0.3 is 0 Å². The Morgan fingerprint density at radius 2 is 1.93 bits per heavy atom. The summed E-state index contributed by atoms with van der Waals surface area (Å²) in [6, 6.07) is 9.10. The van der Waals surface area contributed by atoms with Crippen molar-refractivity contribution < 1.29 is 14.3 Å². The summed E-state index contributed by atoms with van der Waals surface area (Å²) >= 11 is 0. The Morgan fingerprint density at radius 1 is 1.21 bits per heavy atom. The maximum absolute atomic E-state index is 12.8. The number of H-pyrrole nitrogens is 1. The van der Waals surface area contributed by atoms with Crippen LogP contribution in [-0.2, 0) is 0 Å². The molecule has 1 aliphatic heterocycles. The number of piperidine rings is 1. The number of nitrogens with one attached hydrogen (secondary N) is 1. The van der Waals surface area contributed by atoms with Crippen LogP contribution in [0.3, 0.4) is 0 Å². The van der Waals surface area contributed by atoms with Crippen LogP contribution in [0.25, 0.3) is 0 Å². The average Bonchev–Trinajstić information content (AvgIpc) is 3.22. The molecule has 0 atom stereocenters. The molecule has 1 saturated heterocycles. The lowest BCUT2D eigenvalue weighted by atomic mass is 9.93.